The molecule has 0 amide bonds. The summed E-state index contributed by atoms with van der Waals surface area (Å²) in [6.45, 7) is 0. The molecule has 0 bridgehead atoms. The van der Waals surface area contributed by atoms with E-state index < -0.39 is 5.60 Å². The predicted octanol–water partition coefficient (Wildman–Crippen LogP) is 5.29. The summed E-state index contributed by atoms with van der Waals surface area (Å²) < 4.78 is 10.6. The van der Waals surface area contributed by atoms with Crippen LogP contribution in [0.5, 0.6) is 11.5 Å². The van der Waals surface area contributed by atoms with Crippen LogP contribution >= 0.6 is 0 Å². The summed E-state index contributed by atoms with van der Waals surface area (Å²) in [6, 6.07) is 14.0. The second-order valence-corrected chi connectivity index (χ2v) is 10.3. The molecule has 37 heavy (non-hydrogen) atoms. The van der Waals surface area contributed by atoms with Gasteiger partial charge in [0.15, 0.2) is 17.5 Å². The molecule has 7 heteroatoms. The third-order valence-corrected chi connectivity index (χ3v) is 7.47. The van der Waals surface area contributed by atoms with Gasteiger partial charge < -0.3 is 25.6 Å². The molecule has 202 valence electrons. The first-order valence-electron chi connectivity index (χ1n) is 13.4. The second-order valence-electron chi connectivity index (χ2n) is 10.3. The van der Waals surface area contributed by atoms with Crippen LogP contribution in [0.15, 0.2) is 47.5 Å². The number of carbonyl (C=O) groups excluding carboxylic acids is 1. The van der Waals surface area contributed by atoms with Crippen LogP contribution in [0.1, 0.15) is 68.9 Å². The lowest BCUT2D eigenvalue weighted by atomic mass is 9.74. The van der Waals surface area contributed by atoms with Crippen molar-refractivity contribution in [3.8, 4) is 11.5 Å². The molecule has 1 aliphatic carbocycles. The number of aliphatic imine (C=N–C) groups is 1. The Morgan fingerprint density at radius 3 is 2.49 bits per heavy atom. The molecule has 1 saturated carbocycles. The van der Waals surface area contributed by atoms with E-state index in [-0.39, 0.29) is 12.2 Å². The first kappa shape index (κ1) is 28.5. The summed E-state index contributed by atoms with van der Waals surface area (Å²) in [5.74, 6) is 2.52. The Hall–Kier alpha value is -3.06. The first-order chi connectivity index (χ1) is 17.8. The number of unbranched alkanes of at least 4 members (excludes halogenated alkanes) is 1. The number of methoxy groups -OCH3 is 2. The Morgan fingerprint density at radius 2 is 1.78 bits per heavy atom. The van der Waals surface area contributed by atoms with Gasteiger partial charge in [0.2, 0.25) is 0 Å². The van der Waals surface area contributed by atoms with Crippen LogP contribution in [0.2, 0.25) is 0 Å². The molecule has 0 radical (unpaired) electrons. The lowest BCUT2D eigenvalue weighted by molar-refractivity contribution is -0.125. The van der Waals surface area contributed by atoms with Crippen molar-refractivity contribution in [1.29, 1.82) is 0 Å². The number of benzene rings is 2. The standard InChI is InChI=1S/C30H43N3O4/c1-32-29(31)33-25-10-6-9-23(19-25)8-5-4-7-22-15-17-30(35,18-16-22)21-26(34)13-11-24-12-14-27(36-2)28(20-24)37-3/h6,9-10,12,14,19-20,22,35H,4-5,7-8,11,13,15-18,21H2,1-3H3,(H3,31,32,33). The quantitative estimate of drug-likeness (QED) is 0.193. The van der Waals surface area contributed by atoms with Gasteiger partial charge in [0.25, 0.3) is 0 Å². The maximum Gasteiger partial charge on any atom is 0.192 e. The predicted molar refractivity (Wildman–Crippen MR) is 150 cm³/mol. The molecule has 1 fully saturated rings. The average Bonchev–Trinajstić information content (AvgIpc) is 2.90. The number of nitrogens with one attached hydrogen (secondary N) is 1. The zero-order chi connectivity index (χ0) is 26.7. The number of ketones is 1. The number of carbonyl (C=O) groups is 1. The third-order valence-electron chi connectivity index (χ3n) is 7.47. The Labute approximate surface area is 221 Å². The fraction of sp³-hybridized carbons (Fsp3) is 0.533. The molecule has 0 aromatic heterocycles. The van der Waals surface area contributed by atoms with Crippen molar-refractivity contribution in [2.45, 2.75) is 76.2 Å². The van der Waals surface area contributed by atoms with Gasteiger partial charge in [-0.1, -0.05) is 31.0 Å². The number of aliphatic hydroxyl groups is 1. The lowest BCUT2D eigenvalue weighted by Gasteiger charge is -2.35. The molecular formula is C30H43N3O4. The summed E-state index contributed by atoms with van der Waals surface area (Å²) in [6.07, 6.45) is 9.25. The average molecular weight is 510 g/mol. The van der Waals surface area contributed by atoms with Crippen molar-refractivity contribution >= 4 is 17.4 Å². The number of hydrogen-bond donors (Lipinski definition) is 3. The molecule has 0 aliphatic heterocycles. The van der Waals surface area contributed by atoms with Gasteiger partial charge in [-0.2, -0.15) is 0 Å². The van der Waals surface area contributed by atoms with E-state index in [0.717, 1.165) is 36.9 Å². The highest BCUT2D eigenvalue weighted by Gasteiger charge is 2.34. The molecule has 2 aromatic carbocycles. The van der Waals surface area contributed by atoms with Crippen molar-refractivity contribution in [3.05, 3.63) is 53.6 Å². The van der Waals surface area contributed by atoms with Gasteiger partial charge in [-0.05, 0) is 86.3 Å². The largest absolute Gasteiger partial charge is 0.493 e. The summed E-state index contributed by atoms with van der Waals surface area (Å²) in [5.41, 5.74) is 8.20. The van der Waals surface area contributed by atoms with Crippen LogP contribution in [-0.2, 0) is 17.6 Å². The van der Waals surface area contributed by atoms with Crippen LogP contribution in [0.3, 0.4) is 0 Å². The fourth-order valence-corrected chi connectivity index (χ4v) is 5.23. The minimum absolute atomic E-state index is 0.124. The SMILES string of the molecule is CN=C(N)Nc1cccc(CCCCC2CCC(O)(CC(=O)CCc3ccc(OC)c(OC)c3)CC2)c1. The topological polar surface area (TPSA) is 106 Å². The zero-order valence-corrected chi connectivity index (χ0v) is 22.6. The van der Waals surface area contributed by atoms with Crippen molar-refractivity contribution in [2.24, 2.45) is 16.6 Å². The van der Waals surface area contributed by atoms with E-state index in [1.54, 1.807) is 21.3 Å². The highest BCUT2D eigenvalue weighted by molar-refractivity contribution is 5.92. The maximum absolute atomic E-state index is 12.7. The Morgan fingerprint density at radius 1 is 1.05 bits per heavy atom. The minimum Gasteiger partial charge on any atom is -0.493 e. The number of rotatable bonds is 13. The van der Waals surface area contributed by atoms with Gasteiger partial charge in [-0.15, -0.1) is 0 Å². The zero-order valence-electron chi connectivity index (χ0n) is 22.6. The summed E-state index contributed by atoms with van der Waals surface area (Å²) in [4.78, 5) is 16.6. The summed E-state index contributed by atoms with van der Waals surface area (Å²) >= 11 is 0. The van der Waals surface area contributed by atoms with Crippen LogP contribution < -0.4 is 20.5 Å². The van der Waals surface area contributed by atoms with Crippen LogP contribution in [0.25, 0.3) is 0 Å². The van der Waals surface area contributed by atoms with Crippen LogP contribution in [0.4, 0.5) is 5.69 Å². The molecule has 0 spiro atoms. The van der Waals surface area contributed by atoms with E-state index in [0.29, 0.717) is 49.1 Å². The van der Waals surface area contributed by atoms with Crippen molar-refractivity contribution < 1.29 is 19.4 Å². The van der Waals surface area contributed by atoms with Crippen LogP contribution in [-0.4, -0.2) is 43.7 Å². The molecular weight excluding hydrogens is 466 g/mol. The number of nitrogens with zero attached hydrogens (tertiary/aromatic N) is 1. The Balaban J connectivity index is 1.35. The molecule has 0 heterocycles. The monoisotopic (exact) mass is 509 g/mol. The van der Waals surface area contributed by atoms with E-state index in [2.05, 4.69) is 22.4 Å². The van der Waals surface area contributed by atoms with Gasteiger partial charge in [0, 0.05) is 25.6 Å². The Bertz CT molecular complexity index is 1040. The van der Waals surface area contributed by atoms with Gasteiger partial charge in [0.05, 0.1) is 19.8 Å². The van der Waals surface area contributed by atoms with Crippen molar-refractivity contribution in [1.82, 2.24) is 0 Å². The van der Waals surface area contributed by atoms with E-state index in [1.165, 1.54) is 18.4 Å². The Kier molecular flexibility index (Phi) is 10.8. The van der Waals surface area contributed by atoms with Gasteiger partial charge >= 0.3 is 0 Å². The van der Waals surface area contributed by atoms with E-state index in [4.69, 9.17) is 15.2 Å². The van der Waals surface area contributed by atoms with E-state index in [1.807, 2.05) is 30.3 Å². The number of Topliss-reactive ketones (excluding diaryl/α,β-unsaturated/α-hetero) is 1. The number of anilines is 1. The second kappa shape index (κ2) is 14.0. The van der Waals surface area contributed by atoms with Crippen LogP contribution in [0, 0.1) is 5.92 Å². The minimum atomic E-state index is -0.845. The van der Waals surface area contributed by atoms with Gasteiger partial charge in [0.1, 0.15) is 5.78 Å². The van der Waals surface area contributed by atoms with E-state index in [9.17, 15) is 9.90 Å². The maximum atomic E-state index is 12.7. The number of aryl methyl sites for hydroxylation is 2. The third kappa shape index (κ3) is 9.08. The normalized spacial score (nSPS) is 19.9. The number of ether oxygens (including phenoxy) is 2. The molecule has 3 rings (SSSR count). The van der Waals surface area contributed by atoms with Crippen molar-refractivity contribution in [3.63, 3.8) is 0 Å². The molecule has 1 aliphatic rings. The van der Waals surface area contributed by atoms with Gasteiger partial charge in [-0.25, -0.2) is 0 Å². The molecule has 4 N–H and O–H groups in total. The molecule has 0 atom stereocenters. The highest BCUT2D eigenvalue weighted by atomic mass is 16.5. The molecule has 2 aromatic rings. The number of nitrogens with two attached hydrogens (primary N) is 1. The summed E-state index contributed by atoms with van der Waals surface area (Å²) in [7, 11) is 4.88. The fourth-order valence-electron chi connectivity index (χ4n) is 5.23. The van der Waals surface area contributed by atoms with Crippen molar-refractivity contribution in [2.75, 3.05) is 26.6 Å². The molecule has 7 nitrogen and oxygen atoms in total. The molecule has 0 unspecified atom stereocenters. The summed E-state index contributed by atoms with van der Waals surface area (Å²) in [5, 5.41) is 14.1. The van der Waals surface area contributed by atoms with Gasteiger partial charge in [-0.3, -0.25) is 9.79 Å². The lowest BCUT2D eigenvalue weighted by Crippen LogP contribution is -2.36. The van der Waals surface area contributed by atoms with E-state index >= 15 is 0 Å². The molecule has 0 saturated heterocycles. The number of hydrogen-bond acceptors (Lipinski definition) is 5. The first-order valence-corrected chi connectivity index (χ1v) is 13.4. The smallest absolute Gasteiger partial charge is 0.192 e. The highest BCUT2D eigenvalue weighted by Crippen LogP contribution is 2.37. The number of guanidine groups is 1.